The summed E-state index contributed by atoms with van der Waals surface area (Å²) in [4.78, 5) is 0. The lowest BCUT2D eigenvalue weighted by Crippen LogP contribution is -1.97. The van der Waals surface area contributed by atoms with Crippen LogP contribution in [0, 0.1) is 0 Å². The molecule has 0 unspecified atom stereocenters. The fraction of sp³-hybridized carbons (Fsp3) is 0.167. The molecule has 0 N–H and O–H groups in total. The van der Waals surface area contributed by atoms with Crippen molar-refractivity contribution in [2.24, 2.45) is 0 Å². The van der Waals surface area contributed by atoms with Crippen molar-refractivity contribution >= 4 is 26.7 Å². The average molecular weight is 307 g/mol. The number of benzene rings is 2. The number of alkyl halides is 4. The van der Waals surface area contributed by atoms with Crippen molar-refractivity contribution in [1.29, 1.82) is 0 Å². The van der Waals surface area contributed by atoms with Crippen LogP contribution < -0.4 is 0 Å². The number of fused-ring (bicyclic) bond motifs is 1. The highest BCUT2D eigenvalue weighted by Crippen LogP contribution is 2.37. The fourth-order valence-corrected chi connectivity index (χ4v) is 2.29. The lowest BCUT2D eigenvalue weighted by molar-refractivity contribution is 0.126. The highest BCUT2D eigenvalue weighted by Gasteiger charge is 2.22. The summed E-state index contributed by atoms with van der Waals surface area (Å²) in [5.41, 5.74) is -1.19. The third kappa shape index (κ3) is 2.16. The maximum atomic E-state index is 12.9. The van der Waals surface area contributed by atoms with Crippen molar-refractivity contribution in [3.63, 3.8) is 0 Å². The van der Waals surface area contributed by atoms with E-state index in [0.717, 1.165) is 6.07 Å². The quantitative estimate of drug-likeness (QED) is 0.645. The molecular weight excluding hydrogens is 300 g/mol. The van der Waals surface area contributed by atoms with Gasteiger partial charge in [0.25, 0.3) is 12.9 Å². The van der Waals surface area contributed by atoms with Crippen LogP contribution in [0.5, 0.6) is 0 Å². The van der Waals surface area contributed by atoms with E-state index in [0.29, 0.717) is 9.86 Å². The maximum absolute atomic E-state index is 12.9. The summed E-state index contributed by atoms with van der Waals surface area (Å²) >= 11 is 3.21. The molecule has 90 valence electrons. The molecule has 0 nitrogen and oxygen atoms in total. The zero-order chi connectivity index (χ0) is 12.6. The Morgan fingerprint density at radius 1 is 0.824 bits per heavy atom. The van der Waals surface area contributed by atoms with Crippen molar-refractivity contribution in [2.45, 2.75) is 12.9 Å². The molecule has 17 heavy (non-hydrogen) atoms. The van der Waals surface area contributed by atoms with Crippen molar-refractivity contribution in [3.8, 4) is 0 Å². The van der Waals surface area contributed by atoms with Gasteiger partial charge >= 0.3 is 0 Å². The van der Waals surface area contributed by atoms with E-state index in [2.05, 4.69) is 15.9 Å². The minimum Gasteiger partial charge on any atom is -0.205 e. The number of rotatable bonds is 2. The Bertz CT molecular complexity index is 551. The molecule has 5 heteroatoms. The Hall–Kier alpha value is -1.10. The van der Waals surface area contributed by atoms with Crippen molar-refractivity contribution in [1.82, 2.24) is 0 Å². The van der Waals surface area contributed by atoms with E-state index < -0.39 is 24.0 Å². The first kappa shape index (κ1) is 12.4. The van der Waals surface area contributed by atoms with Crippen LogP contribution in [0.3, 0.4) is 0 Å². The van der Waals surface area contributed by atoms with Gasteiger partial charge in [0, 0.05) is 15.6 Å². The van der Waals surface area contributed by atoms with Crippen LogP contribution in [0.25, 0.3) is 10.8 Å². The standard InChI is InChI=1S/C12H7BrF4/c13-9-3-1-2-7-6(9)4-5-8(11(14)15)10(7)12(16)17/h1-5,11-12H. The Morgan fingerprint density at radius 3 is 2.12 bits per heavy atom. The Labute approximate surface area is 103 Å². The van der Waals surface area contributed by atoms with Gasteiger partial charge in [-0.15, -0.1) is 0 Å². The summed E-state index contributed by atoms with van der Waals surface area (Å²) in [5, 5.41) is 0.666. The highest BCUT2D eigenvalue weighted by atomic mass is 79.9. The number of hydrogen-bond donors (Lipinski definition) is 0. The highest BCUT2D eigenvalue weighted by molar-refractivity contribution is 9.10. The third-order valence-electron chi connectivity index (χ3n) is 2.54. The van der Waals surface area contributed by atoms with Crippen LogP contribution in [0.2, 0.25) is 0 Å². The van der Waals surface area contributed by atoms with Gasteiger partial charge in [-0.3, -0.25) is 0 Å². The molecule has 2 aromatic rings. The second-order valence-electron chi connectivity index (χ2n) is 3.50. The van der Waals surface area contributed by atoms with Gasteiger partial charge in [0.1, 0.15) is 0 Å². The molecule has 0 amide bonds. The van der Waals surface area contributed by atoms with E-state index in [-0.39, 0.29) is 5.39 Å². The Morgan fingerprint density at radius 2 is 1.53 bits per heavy atom. The first-order valence-corrected chi connectivity index (χ1v) is 5.59. The van der Waals surface area contributed by atoms with Gasteiger partial charge < -0.3 is 0 Å². The van der Waals surface area contributed by atoms with Crippen molar-refractivity contribution < 1.29 is 17.6 Å². The molecular formula is C12H7BrF4. The molecule has 2 aromatic carbocycles. The monoisotopic (exact) mass is 306 g/mol. The smallest absolute Gasteiger partial charge is 0.205 e. The summed E-state index contributed by atoms with van der Waals surface area (Å²) in [7, 11) is 0. The van der Waals surface area contributed by atoms with Crippen molar-refractivity contribution in [2.75, 3.05) is 0 Å². The zero-order valence-corrected chi connectivity index (χ0v) is 10.0. The lowest BCUT2D eigenvalue weighted by atomic mass is 9.99. The SMILES string of the molecule is FC(F)c1ccc2c(Br)cccc2c1C(F)F. The molecule has 0 spiro atoms. The Balaban J connectivity index is 2.84. The third-order valence-corrected chi connectivity index (χ3v) is 3.23. The van der Waals surface area contributed by atoms with Gasteiger partial charge in [-0.2, -0.15) is 0 Å². The molecule has 2 rings (SSSR count). The van der Waals surface area contributed by atoms with Crippen LogP contribution in [-0.4, -0.2) is 0 Å². The van der Waals surface area contributed by atoms with Gasteiger partial charge in [-0.25, -0.2) is 17.6 Å². The first-order valence-electron chi connectivity index (χ1n) is 4.79. The largest absolute Gasteiger partial charge is 0.264 e. The fourth-order valence-electron chi connectivity index (χ4n) is 1.79. The summed E-state index contributed by atoms with van der Waals surface area (Å²) in [6.07, 6.45) is -5.82. The normalized spacial score (nSPS) is 11.7. The molecule has 0 atom stereocenters. The summed E-state index contributed by atoms with van der Waals surface area (Å²) < 4.78 is 51.8. The minimum absolute atomic E-state index is 0.159. The minimum atomic E-state index is -2.92. The molecule has 0 aromatic heterocycles. The molecule has 0 bridgehead atoms. The van der Waals surface area contributed by atoms with Gasteiger partial charge in [-0.1, -0.05) is 40.2 Å². The van der Waals surface area contributed by atoms with Gasteiger partial charge in [-0.05, 0) is 16.8 Å². The number of hydrogen-bond acceptors (Lipinski definition) is 0. The summed E-state index contributed by atoms with van der Waals surface area (Å²) in [6.45, 7) is 0. The lowest BCUT2D eigenvalue weighted by Gasteiger charge is -2.12. The Kier molecular flexibility index (Phi) is 3.38. The predicted octanol–water partition coefficient (Wildman–Crippen LogP) is 5.48. The van der Waals surface area contributed by atoms with E-state index in [9.17, 15) is 17.6 Å². The van der Waals surface area contributed by atoms with E-state index in [1.807, 2.05) is 0 Å². The molecule has 0 fully saturated rings. The van der Waals surface area contributed by atoms with Crippen LogP contribution in [-0.2, 0) is 0 Å². The number of halogens is 5. The van der Waals surface area contributed by atoms with Gasteiger partial charge in [0.05, 0.1) is 0 Å². The van der Waals surface area contributed by atoms with E-state index in [4.69, 9.17) is 0 Å². The van der Waals surface area contributed by atoms with Gasteiger partial charge in [0.2, 0.25) is 0 Å². The maximum Gasteiger partial charge on any atom is 0.264 e. The topological polar surface area (TPSA) is 0 Å². The van der Waals surface area contributed by atoms with Gasteiger partial charge in [0.15, 0.2) is 0 Å². The molecule has 0 aliphatic heterocycles. The molecule has 0 heterocycles. The summed E-state index contributed by atoms with van der Waals surface area (Å²) in [6, 6.07) is 7.13. The first-order chi connectivity index (χ1) is 8.02. The zero-order valence-electron chi connectivity index (χ0n) is 8.43. The average Bonchev–Trinajstić information content (AvgIpc) is 2.27. The second-order valence-corrected chi connectivity index (χ2v) is 4.36. The summed E-state index contributed by atoms with van der Waals surface area (Å²) in [5.74, 6) is 0. The van der Waals surface area contributed by atoms with E-state index in [1.54, 1.807) is 12.1 Å². The van der Waals surface area contributed by atoms with E-state index >= 15 is 0 Å². The second kappa shape index (κ2) is 4.64. The molecule has 0 aliphatic carbocycles. The van der Waals surface area contributed by atoms with Crippen LogP contribution in [0.1, 0.15) is 24.0 Å². The van der Waals surface area contributed by atoms with E-state index in [1.165, 1.54) is 12.1 Å². The molecule has 0 radical (unpaired) electrons. The van der Waals surface area contributed by atoms with Crippen LogP contribution in [0.15, 0.2) is 34.8 Å². The molecule has 0 aliphatic rings. The predicted molar refractivity (Wildman–Crippen MR) is 61.6 cm³/mol. The van der Waals surface area contributed by atoms with Crippen LogP contribution in [0.4, 0.5) is 17.6 Å². The molecule has 0 saturated heterocycles. The van der Waals surface area contributed by atoms with Crippen LogP contribution >= 0.6 is 15.9 Å². The van der Waals surface area contributed by atoms with Crippen molar-refractivity contribution in [3.05, 3.63) is 45.9 Å². The molecule has 0 saturated carbocycles.